The van der Waals surface area contributed by atoms with Crippen molar-refractivity contribution in [1.82, 2.24) is 4.90 Å². The lowest BCUT2D eigenvalue weighted by molar-refractivity contribution is 0.274. The molecule has 0 radical (unpaired) electrons. The van der Waals surface area contributed by atoms with E-state index in [1.165, 1.54) is 10.4 Å². The van der Waals surface area contributed by atoms with E-state index >= 15 is 0 Å². The molecule has 0 aliphatic carbocycles. The van der Waals surface area contributed by atoms with Crippen LogP contribution >= 0.6 is 22.9 Å². The Balaban J connectivity index is 2.03. The minimum Gasteiger partial charge on any atom is -0.398 e. The van der Waals surface area contributed by atoms with Crippen LogP contribution in [0.4, 0.5) is 5.69 Å². The van der Waals surface area contributed by atoms with Gasteiger partial charge in [0.1, 0.15) is 0 Å². The van der Waals surface area contributed by atoms with Crippen molar-refractivity contribution in [2.24, 2.45) is 0 Å². The molecule has 96 valence electrons. The Bertz CT molecular complexity index is 497. The van der Waals surface area contributed by atoms with E-state index in [1.54, 1.807) is 11.3 Å². The fraction of sp³-hybridized carbons (Fsp3) is 0.286. The summed E-state index contributed by atoms with van der Waals surface area (Å²) in [6.45, 7) is 5.07. The molecular formula is C14H17ClN2S. The Kier molecular flexibility index (Phi) is 4.64. The first-order valence-corrected chi connectivity index (χ1v) is 7.23. The lowest BCUT2D eigenvalue weighted by Crippen LogP contribution is -2.21. The lowest BCUT2D eigenvalue weighted by atomic mass is 10.2. The zero-order valence-electron chi connectivity index (χ0n) is 10.4. The Morgan fingerprint density at radius 3 is 2.72 bits per heavy atom. The van der Waals surface area contributed by atoms with Crippen LogP contribution in [-0.4, -0.2) is 11.4 Å². The molecule has 2 rings (SSSR count). The molecule has 2 aromatic rings. The van der Waals surface area contributed by atoms with Crippen LogP contribution in [0.5, 0.6) is 0 Å². The first-order chi connectivity index (χ1) is 8.69. The van der Waals surface area contributed by atoms with Gasteiger partial charge in [-0.05, 0) is 35.7 Å². The number of thiophene rings is 1. The number of nitrogens with two attached hydrogens (primary N) is 1. The highest BCUT2D eigenvalue weighted by atomic mass is 35.5. The molecule has 0 unspecified atom stereocenters. The van der Waals surface area contributed by atoms with E-state index in [0.717, 1.165) is 19.6 Å². The monoisotopic (exact) mass is 280 g/mol. The lowest BCUT2D eigenvalue weighted by Gasteiger charge is -2.20. The van der Waals surface area contributed by atoms with Crippen LogP contribution in [0.25, 0.3) is 0 Å². The fourth-order valence-electron chi connectivity index (χ4n) is 1.83. The second-order valence-electron chi connectivity index (χ2n) is 4.24. The number of nitrogen functional groups attached to an aromatic ring is 1. The second kappa shape index (κ2) is 6.23. The number of hydrogen-bond donors (Lipinski definition) is 1. The maximum absolute atomic E-state index is 6.04. The van der Waals surface area contributed by atoms with Gasteiger partial charge in [-0.25, -0.2) is 0 Å². The smallest absolute Gasteiger partial charge is 0.0638 e. The van der Waals surface area contributed by atoms with Crippen LogP contribution in [0, 0.1) is 0 Å². The molecule has 4 heteroatoms. The quantitative estimate of drug-likeness (QED) is 0.839. The SMILES string of the molecule is CCN(Cc1ccc(N)c(Cl)c1)Cc1cccs1. The average molecular weight is 281 g/mol. The van der Waals surface area contributed by atoms with Crippen molar-refractivity contribution >= 4 is 28.6 Å². The minimum atomic E-state index is 0.639. The van der Waals surface area contributed by atoms with Crippen molar-refractivity contribution < 1.29 is 0 Å². The molecule has 0 saturated carbocycles. The van der Waals surface area contributed by atoms with Gasteiger partial charge in [0, 0.05) is 18.0 Å². The predicted molar refractivity (Wildman–Crippen MR) is 80.0 cm³/mol. The topological polar surface area (TPSA) is 29.3 Å². The summed E-state index contributed by atoms with van der Waals surface area (Å²) in [6.07, 6.45) is 0. The summed E-state index contributed by atoms with van der Waals surface area (Å²) < 4.78 is 0. The summed E-state index contributed by atoms with van der Waals surface area (Å²) in [5.41, 5.74) is 7.56. The van der Waals surface area contributed by atoms with Gasteiger partial charge < -0.3 is 5.73 Å². The van der Waals surface area contributed by atoms with Gasteiger partial charge in [0.15, 0.2) is 0 Å². The highest BCUT2D eigenvalue weighted by molar-refractivity contribution is 7.09. The zero-order chi connectivity index (χ0) is 13.0. The van der Waals surface area contributed by atoms with Gasteiger partial charge in [-0.15, -0.1) is 11.3 Å². The molecule has 2 N–H and O–H groups in total. The molecule has 0 spiro atoms. The first-order valence-electron chi connectivity index (χ1n) is 5.97. The molecule has 0 fully saturated rings. The Labute approximate surface area is 117 Å². The van der Waals surface area contributed by atoms with E-state index in [9.17, 15) is 0 Å². The van der Waals surface area contributed by atoms with Crippen molar-refractivity contribution in [2.75, 3.05) is 12.3 Å². The molecule has 0 aliphatic rings. The van der Waals surface area contributed by atoms with E-state index in [0.29, 0.717) is 10.7 Å². The third kappa shape index (κ3) is 3.48. The fourth-order valence-corrected chi connectivity index (χ4v) is 2.78. The Morgan fingerprint density at radius 2 is 2.11 bits per heavy atom. The molecule has 1 aromatic heterocycles. The van der Waals surface area contributed by atoms with Gasteiger partial charge in [0.25, 0.3) is 0 Å². The van der Waals surface area contributed by atoms with Gasteiger partial charge in [-0.2, -0.15) is 0 Å². The molecule has 0 aliphatic heterocycles. The van der Waals surface area contributed by atoms with Crippen molar-refractivity contribution in [1.29, 1.82) is 0 Å². The predicted octanol–water partition coefficient (Wildman–Crippen LogP) is 4.01. The normalized spacial score (nSPS) is 11.1. The van der Waals surface area contributed by atoms with Crippen molar-refractivity contribution in [3.05, 3.63) is 51.2 Å². The van der Waals surface area contributed by atoms with Gasteiger partial charge >= 0.3 is 0 Å². The van der Waals surface area contributed by atoms with Crippen molar-refractivity contribution in [3.8, 4) is 0 Å². The van der Waals surface area contributed by atoms with Crippen LogP contribution in [0.3, 0.4) is 0 Å². The van der Waals surface area contributed by atoms with E-state index in [4.69, 9.17) is 17.3 Å². The third-order valence-electron chi connectivity index (χ3n) is 2.88. The molecule has 0 bridgehead atoms. The molecule has 0 saturated heterocycles. The Hall–Kier alpha value is -1.03. The van der Waals surface area contributed by atoms with E-state index in [1.807, 2.05) is 18.2 Å². The van der Waals surface area contributed by atoms with E-state index < -0.39 is 0 Å². The zero-order valence-corrected chi connectivity index (χ0v) is 12.0. The molecule has 2 nitrogen and oxygen atoms in total. The van der Waals surface area contributed by atoms with Crippen LogP contribution in [0.2, 0.25) is 5.02 Å². The second-order valence-corrected chi connectivity index (χ2v) is 5.68. The summed E-state index contributed by atoms with van der Waals surface area (Å²) in [5.74, 6) is 0. The maximum Gasteiger partial charge on any atom is 0.0638 e. The first kappa shape index (κ1) is 13.4. The summed E-state index contributed by atoms with van der Waals surface area (Å²) in [4.78, 5) is 3.77. The summed E-state index contributed by atoms with van der Waals surface area (Å²) >= 11 is 7.84. The van der Waals surface area contributed by atoms with Crippen LogP contribution in [0.1, 0.15) is 17.4 Å². The third-order valence-corrected chi connectivity index (χ3v) is 4.07. The van der Waals surface area contributed by atoms with E-state index in [-0.39, 0.29) is 0 Å². The van der Waals surface area contributed by atoms with Crippen LogP contribution < -0.4 is 5.73 Å². The van der Waals surface area contributed by atoms with E-state index in [2.05, 4.69) is 29.3 Å². The number of anilines is 1. The Morgan fingerprint density at radius 1 is 1.28 bits per heavy atom. The van der Waals surface area contributed by atoms with Crippen LogP contribution in [-0.2, 0) is 13.1 Å². The van der Waals surface area contributed by atoms with Crippen molar-refractivity contribution in [2.45, 2.75) is 20.0 Å². The van der Waals surface area contributed by atoms with Gasteiger partial charge in [0.2, 0.25) is 0 Å². The highest BCUT2D eigenvalue weighted by Crippen LogP contribution is 2.21. The van der Waals surface area contributed by atoms with Crippen molar-refractivity contribution in [3.63, 3.8) is 0 Å². The highest BCUT2D eigenvalue weighted by Gasteiger charge is 2.07. The summed E-state index contributed by atoms with van der Waals surface area (Å²) in [5, 5.41) is 2.75. The molecular weight excluding hydrogens is 264 g/mol. The molecule has 0 atom stereocenters. The number of hydrogen-bond acceptors (Lipinski definition) is 3. The van der Waals surface area contributed by atoms with Gasteiger partial charge in [-0.1, -0.05) is 30.7 Å². The number of halogens is 1. The molecule has 1 heterocycles. The number of nitrogens with zero attached hydrogens (tertiary/aromatic N) is 1. The number of rotatable bonds is 5. The van der Waals surface area contributed by atoms with Gasteiger partial charge in [-0.3, -0.25) is 4.90 Å². The van der Waals surface area contributed by atoms with Crippen LogP contribution in [0.15, 0.2) is 35.7 Å². The molecule has 1 aromatic carbocycles. The average Bonchev–Trinajstić information content (AvgIpc) is 2.86. The summed E-state index contributed by atoms with van der Waals surface area (Å²) in [6, 6.07) is 10.1. The molecule has 18 heavy (non-hydrogen) atoms. The summed E-state index contributed by atoms with van der Waals surface area (Å²) in [7, 11) is 0. The standard InChI is InChI=1S/C14H17ClN2S/c1-2-17(10-12-4-3-7-18-12)9-11-5-6-14(16)13(15)8-11/h3-8H,2,9-10,16H2,1H3. The maximum atomic E-state index is 6.04. The minimum absolute atomic E-state index is 0.639. The number of benzene rings is 1. The largest absolute Gasteiger partial charge is 0.398 e. The van der Waals surface area contributed by atoms with Gasteiger partial charge in [0.05, 0.1) is 10.7 Å². The molecule has 0 amide bonds.